The molecule has 0 radical (unpaired) electrons. The van der Waals surface area contributed by atoms with Gasteiger partial charge in [-0.1, -0.05) is 12.8 Å². The Morgan fingerprint density at radius 2 is 1.89 bits per heavy atom. The largest absolute Gasteiger partial charge is 0.368 e. The zero-order chi connectivity index (χ0) is 12.8. The van der Waals surface area contributed by atoms with E-state index >= 15 is 0 Å². The summed E-state index contributed by atoms with van der Waals surface area (Å²) in [6, 6.07) is 0. The van der Waals surface area contributed by atoms with Crippen LogP contribution >= 0.6 is 0 Å². The Labute approximate surface area is 111 Å². The maximum absolute atomic E-state index is 5.80. The average Bonchev–Trinajstić information content (AvgIpc) is 3.03. The van der Waals surface area contributed by atoms with Gasteiger partial charge < -0.3 is 15.6 Å². The molecule has 4 rings (SSSR count). The van der Waals surface area contributed by atoms with E-state index in [0.717, 1.165) is 36.3 Å². The second kappa shape index (κ2) is 4.08. The maximum Gasteiger partial charge on any atom is 0.224 e. The second-order valence-electron chi connectivity index (χ2n) is 5.72. The van der Waals surface area contributed by atoms with Crippen molar-refractivity contribution < 1.29 is 0 Å². The van der Waals surface area contributed by atoms with Gasteiger partial charge in [-0.15, -0.1) is 0 Å². The van der Waals surface area contributed by atoms with Crippen LogP contribution in [-0.2, 0) is 0 Å². The number of imidazole rings is 1. The number of fused-ring (bicyclic) bond motifs is 2. The normalized spacial score (nSPS) is 26.8. The number of nitrogens with zero attached hydrogens (tertiary/aromatic N) is 4. The summed E-state index contributed by atoms with van der Waals surface area (Å²) in [6.45, 7) is 2.18. The van der Waals surface area contributed by atoms with Crippen molar-refractivity contribution in [2.45, 2.75) is 25.7 Å². The fourth-order valence-corrected chi connectivity index (χ4v) is 3.64. The van der Waals surface area contributed by atoms with Crippen LogP contribution < -0.4 is 10.6 Å². The minimum Gasteiger partial charge on any atom is -0.368 e. The SMILES string of the molecule is Nc1nc(N2C[C@H]3CCCC[C@H]3C2)c2[nH]cnc2n1. The van der Waals surface area contributed by atoms with E-state index in [0.29, 0.717) is 11.6 Å². The number of nitrogen functional groups attached to an aromatic ring is 1. The first kappa shape index (κ1) is 11.0. The first-order chi connectivity index (χ1) is 9.31. The number of hydrogen-bond acceptors (Lipinski definition) is 5. The minimum atomic E-state index is 0.310. The molecule has 2 aliphatic rings. The average molecular weight is 258 g/mol. The van der Waals surface area contributed by atoms with Gasteiger partial charge in [0.05, 0.1) is 6.33 Å². The number of aromatic nitrogens is 4. The van der Waals surface area contributed by atoms with Gasteiger partial charge in [0.25, 0.3) is 0 Å². The van der Waals surface area contributed by atoms with Crippen LogP contribution in [0.15, 0.2) is 6.33 Å². The Balaban J connectivity index is 1.72. The zero-order valence-electron chi connectivity index (χ0n) is 10.8. The number of nitrogens with two attached hydrogens (primary N) is 1. The summed E-state index contributed by atoms with van der Waals surface area (Å²) in [7, 11) is 0. The number of hydrogen-bond donors (Lipinski definition) is 2. The lowest BCUT2D eigenvalue weighted by Crippen LogP contribution is -2.22. The van der Waals surface area contributed by atoms with Crippen LogP contribution in [-0.4, -0.2) is 33.0 Å². The molecule has 0 bridgehead atoms. The quantitative estimate of drug-likeness (QED) is 0.811. The molecule has 2 fully saturated rings. The van der Waals surface area contributed by atoms with Crippen LogP contribution in [0, 0.1) is 11.8 Å². The van der Waals surface area contributed by atoms with Gasteiger partial charge in [0.2, 0.25) is 5.95 Å². The van der Waals surface area contributed by atoms with Crippen molar-refractivity contribution in [2.24, 2.45) is 11.8 Å². The zero-order valence-corrected chi connectivity index (χ0v) is 10.8. The molecule has 0 aromatic carbocycles. The van der Waals surface area contributed by atoms with Gasteiger partial charge >= 0.3 is 0 Å². The predicted octanol–water partition coefficient (Wildman–Crippen LogP) is 1.56. The number of anilines is 2. The number of H-pyrrole nitrogens is 1. The van der Waals surface area contributed by atoms with E-state index in [2.05, 4.69) is 24.8 Å². The smallest absolute Gasteiger partial charge is 0.224 e. The van der Waals surface area contributed by atoms with Crippen molar-refractivity contribution in [3.63, 3.8) is 0 Å². The highest BCUT2D eigenvalue weighted by atomic mass is 15.3. The summed E-state index contributed by atoms with van der Waals surface area (Å²) in [5, 5.41) is 0. The van der Waals surface area contributed by atoms with E-state index in [1.165, 1.54) is 25.7 Å². The number of rotatable bonds is 1. The highest BCUT2D eigenvalue weighted by Crippen LogP contribution is 2.38. The van der Waals surface area contributed by atoms with Gasteiger partial charge in [-0.3, -0.25) is 0 Å². The van der Waals surface area contributed by atoms with E-state index in [1.54, 1.807) is 6.33 Å². The monoisotopic (exact) mass is 258 g/mol. The third-order valence-corrected chi connectivity index (χ3v) is 4.56. The molecule has 6 heteroatoms. The summed E-state index contributed by atoms with van der Waals surface area (Å²) < 4.78 is 0. The Hall–Kier alpha value is -1.85. The van der Waals surface area contributed by atoms with E-state index < -0.39 is 0 Å². The highest BCUT2D eigenvalue weighted by Gasteiger charge is 2.35. The Bertz CT molecular complexity index is 592. The molecule has 1 aliphatic heterocycles. The van der Waals surface area contributed by atoms with Crippen molar-refractivity contribution in [2.75, 3.05) is 23.7 Å². The summed E-state index contributed by atoms with van der Waals surface area (Å²) in [4.78, 5) is 18.3. The lowest BCUT2D eigenvalue weighted by Gasteiger charge is -2.22. The van der Waals surface area contributed by atoms with Crippen molar-refractivity contribution in [3.8, 4) is 0 Å². The van der Waals surface area contributed by atoms with Crippen molar-refractivity contribution in [3.05, 3.63) is 6.33 Å². The fourth-order valence-electron chi connectivity index (χ4n) is 3.64. The molecule has 2 atom stereocenters. The third-order valence-electron chi connectivity index (χ3n) is 4.56. The van der Waals surface area contributed by atoms with Gasteiger partial charge in [-0.25, -0.2) is 4.98 Å². The van der Waals surface area contributed by atoms with E-state index in [1.807, 2.05) is 0 Å². The first-order valence-corrected chi connectivity index (χ1v) is 7.03. The van der Waals surface area contributed by atoms with E-state index in [-0.39, 0.29) is 0 Å². The molecule has 6 nitrogen and oxygen atoms in total. The van der Waals surface area contributed by atoms with Gasteiger partial charge in [0.15, 0.2) is 11.5 Å². The van der Waals surface area contributed by atoms with Crippen molar-refractivity contribution >= 4 is 22.9 Å². The van der Waals surface area contributed by atoms with Crippen LogP contribution in [0.25, 0.3) is 11.2 Å². The first-order valence-electron chi connectivity index (χ1n) is 7.03. The molecule has 3 N–H and O–H groups in total. The molecule has 3 heterocycles. The molecule has 1 aliphatic carbocycles. The molecule has 100 valence electrons. The molecule has 1 saturated carbocycles. The van der Waals surface area contributed by atoms with Gasteiger partial charge in [0, 0.05) is 13.1 Å². The van der Waals surface area contributed by atoms with Gasteiger partial charge in [-0.05, 0) is 24.7 Å². The van der Waals surface area contributed by atoms with Crippen LogP contribution in [0.2, 0.25) is 0 Å². The van der Waals surface area contributed by atoms with Gasteiger partial charge in [0.1, 0.15) is 5.52 Å². The maximum atomic E-state index is 5.80. The lowest BCUT2D eigenvalue weighted by molar-refractivity contribution is 0.299. The van der Waals surface area contributed by atoms with E-state index in [9.17, 15) is 0 Å². The third kappa shape index (κ3) is 1.74. The highest BCUT2D eigenvalue weighted by molar-refractivity contribution is 5.84. The molecular weight excluding hydrogens is 240 g/mol. The van der Waals surface area contributed by atoms with Crippen LogP contribution in [0.3, 0.4) is 0 Å². The van der Waals surface area contributed by atoms with Crippen LogP contribution in [0.5, 0.6) is 0 Å². The van der Waals surface area contributed by atoms with E-state index in [4.69, 9.17) is 5.73 Å². The van der Waals surface area contributed by atoms with Crippen LogP contribution in [0.4, 0.5) is 11.8 Å². The molecule has 0 amide bonds. The summed E-state index contributed by atoms with van der Waals surface area (Å²) in [6.07, 6.45) is 7.12. The molecule has 2 aromatic rings. The number of nitrogens with one attached hydrogen (secondary N) is 1. The molecular formula is C13H18N6. The molecule has 0 unspecified atom stereocenters. The van der Waals surface area contributed by atoms with Gasteiger partial charge in [-0.2, -0.15) is 9.97 Å². The topological polar surface area (TPSA) is 83.7 Å². The predicted molar refractivity (Wildman–Crippen MR) is 73.8 cm³/mol. The summed E-state index contributed by atoms with van der Waals surface area (Å²) >= 11 is 0. The molecule has 0 spiro atoms. The van der Waals surface area contributed by atoms with Crippen molar-refractivity contribution in [1.82, 2.24) is 19.9 Å². The molecule has 2 aromatic heterocycles. The Morgan fingerprint density at radius 3 is 2.63 bits per heavy atom. The lowest BCUT2D eigenvalue weighted by atomic mass is 9.82. The minimum absolute atomic E-state index is 0.310. The van der Waals surface area contributed by atoms with Crippen LogP contribution in [0.1, 0.15) is 25.7 Å². The fraction of sp³-hybridized carbons (Fsp3) is 0.615. The standard InChI is InChI=1S/C13H18N6/c14-13-17-11-10(15-7-16-11)12(18-13)19-5-8-3-1-2-4-9(8)6-19/h7-9H,1-6H2,(H3,14,15,16,17,18)/t8-,9+. The molecule has 19 heavy (non-hydrogen) atoms. The Kier molecular flexibility index (Phi) is 2.36. The number of aromatic amines is 1. The Morgan fingerprint density at radius 1 is 1.16 bits per heavy atom. The summed E-state index contributed by atoms with van der Waals surface area (Å²) in [5.41, 5.74) is 7.37. The molecule has 1 saturated heterocycles. The van der Waals surface area contributed by atoms with Crippen molar-refractivity contribution in [1.29, 1.82) is 0 Å². The second-order valence-corrected chi connectivity index (χ2v) is 5.72. The summed E-state index contributed by atoms with van der Waals surface area (Å²) in [5.74, 6) is 2.88.